The number of halogens is 1. The molecule has 1 aromatic rings. The van der Waals surface area contributed by atoms with Crippen LogP contribution >= 0.6 is 23.8 Å². The third kappa shape index (κ3) is 6.99. The normalized spacial score (nSPS) is 9.77. The van der Waals surface area contributed by atoms with Crippen molar-refractivity contribution in [2.45, 2.75) is 19.8 Å². The van der Waals surface area contributed by atoms with Gasteiger partial charge in [-0.2, -0.15) is 0 Å². The average Bonchev–Trinajstić information content (AvgIpc) is 2.58. The molecular formula is C14H15ClN4O6S. The number of rotatable bonds is 6. The van der Waals surface area contributed by atoms with Crippen molar-refractivity contribution in [3.63, 3.8) is 0 Å². The molecule has 0 saturated carbocycles. The van der Waals surface area contributed by atoms with Crippen molar-refractivity contribution in [3.05, 3.63) is 38.9 Å². The molecular weight excluding hydrogens is 388 g/mol. The lowest BCUT2D eigenvalue weighted by Crippen LogP contribution is -2.48. The van der Waals surface area contributed by atoms with E-state index in [9.17, 15) is 24.5 Å². The Balaban J connectivity index is 2.48. The summed E-state index contributed by atoms with van der Waals surface area (Å²) in [6.07, 6.45) is -0.249. The van der Waals surface area contributed by atoms with Crippen LogP contribution < -0.4 is 16.2 Å². The number of hydrogen-bond donors (Lipinski definition) is 3. The molecule has 1 aromatic carbocycles. The summed E-state index contributed by atoms with van der Waals surface area (Å²) in [5.74, 6) is -1.79. The standard InChI is InChI=1S/C14H15ClN4O6S/c1-2-25-12(21)6-5-11(20)16-14(26)18-17-13(22)8-3-4-9(15)10(7-8)19(23)24/h3-4,7H,2,5-6H2,1H3,(H,17,22)(H2,16,18,20,26). The maximum Gasteiger partial charge on any atom is 0.306 e. The summed E-state index contributed by atoms with van der Waals surface area (Å²) in [4.78, 5) is 44.7. The number of nitrogens with zero attached hydrogens (tertiary/aromatic N) is 1. The van der Waals surface area contributed by atoms with Crippen molar-refractivity contribution < 1.29 is 24.0 Å². The van der Waals surface area contributed by atoms with Gasteiger partial charge in [0.05, 0.1) is 18.0 Å². The number of nitro benzene ring substituents is 1. The van der Waals surface area contributed by atoms with Gasteiger partial charge >= 0.3 is 5.97 Å². The van der Waals surface area contributed by atoms with Crippen LogP contribution in [0.3, 0.4) is 0 Å². The second-order valence-corrected chi connectivity index (χ2v) is 5.50. The summed E-state index contributed by atoms with van der Waals surface area (Å²) < 4.78 is 4.68. The van der Waals surface area contributed by atoms with Gasteiger partial charge in [-0.3, -0.25) is 35.3 Å². The molecule has 0 unspecified atom stereocenters. The van der Waals surface area contributed by atoms with Gasteiger partial charge in [-0.1, -0.05) is 11.6 Å². The second kappa shape index (κ2) is 10.3. The van der Waals surface area contributed by atoms with Crippen LogP contribution in [0.2, 0.25) is 5.02 Å². The molecule has 0 bridgehead atoms. The smallest absolute Gasteiger partial charge is 0.306 e. The maximum atomic E-state index is 11.9. The first-order chi connectivity index (χ1) is 12.2. The zero-order valence-electron chi connectivity index (χ0n) is 13.5. The Kier molecular flexibility index (Phi) is 8.38. The molecule has 0 spiro atoms. The average molecular weight is 403 g/mol. The van der Waals surface area contributed by atoms with Crippen molar-refractivity contribution in [3.8, 4) is 0 Å². The molecule has 3 N–H and O–H groups in total. The fourth-order valence-electron chi connectivity index (χ4n) is 1.65. The minimum absolute atomic E-state index is 0.0370. The van der Waals surface area contributed by atoms with E-state index in [0.717, 1.165) is 6.07 Å². The van der Waals surface area contributed by atoms with Gasteiger partial charge in [0.2, 0.25) is 5.91 Å². The SMILES string of the molecule is CCOC(=O)CCC(=O)NC(=S)NNC(=O)c1ccc(Cl)c([N+](=O)[O-])c1. The van der Waals surface area contributed by atoms with Crippen LogP contribution in [0, 0.1) is 10.1 Å². The van der Waals surface area contributed by atoms with Crippen molar-refractivity contribution in [1.82, 2.24) is 16.2 Å². The zero-order valence-corrected chi connectivity index (χ0v) is 15.1. The van der Waals surface area contributed by atoms with Gasteiger partial charge in [0.15, 0.2) is 5.11 Å². The Hall–Kier alpha value is -2.79. The molecule has 140 valence electrons. The minimum Gasteiger partial charge on any atom is -0.466 e. The summed E-state index contributed by atoms with van der Waals surface area (Å²) >= 11 is 10.5. The Bertz CT molecular complexity index is 742. The van der Waals surface area contributed by atoms with Gasteiger partial charge in [-0.05, 0) is 31.3 Å². The fourth-order valence-corrected chi connectivity index (χ4v) is 2.00. The van der Waals surface area contributed by atoms with Gasteiger partial charge < -0.3 is 10.1 Å². The van der Waals surface area contributed by atoms with Crippen molar-refractivity contribution >= 4 is 52.4 Å². The number of hydrazine groups is 1. The van der Waals surface area contributed by atoms with Crippen LogP contribution in [0.5, 0.6) is 0 Å². The predicted molar refractivity (Wildman–Crippen MR) is 95.3 cm³/mol. The third-order valence-corrected chi connectivity index (χ3v) is 3.33. The number of hydrogen-bond acceptors (Lipinski definition) is 7. The highest BCUT2D eigenvalue weighted by atomic mass is 35.5. The summed E-state index contributed by atoms with van der Waals surface area (Å²) in [7, 11) is 0. The maximum absolute atomic E-state index is 11.9. The Morgan fingerprint density at radius 2 is 1.96 bits per heavy atom. The molecule has 2 amide bonds. The predicted octanol–water partition coefficient (Wildman–Crippen LogP) is 1.23. The summed E-state index contributed by atoms with van der Waals surface area (Å²) in [6.45, 7) is 1.87. The number of carbonyl (C=O) groups is 3. The van der Waals surface area contributed by atoms with Gasteiger partial charge in [-0.25, -0.2) is 0 Å². The van der Waals surface area contributed by atoms with E-state index in [0.29, 0.717) is 0 Å². The quantitative estimate of drug-likeness (QED) is 0.279. The van der Waals surface area contributed by atoms with Gasteiger partial charge in [-0.15, -0.1) is 0 Å². The Morgan fingerprint density at radius 3 is 2.58 bits per heavy atom. The van der Waals surface area contributed by atoms with Crippen molar-refractivity contribution in [2.75, 3.05) is 6.61 Å². The molecule has 26 heavy (non-hydrogen) atoms. The first-order valence-corrected chi connectivity index (χ1v) is 8.03. The Labute approximate surface area is 158 Å². The lowest BCUT2D eigenvalue weighted by atomic mass is 10.2. The number of nitro groups is 1. The molecule has 0 aromatic heterocycles. The van der Waals surface area contributed by atoms with Crippen molar-refractivity contribution in [1.29, 1.82) is 0 Å². The lowest BCUT2D eigenvalue weighted by Gasteiger charge is -2.10. The van der Waals surface area contributed by atoms with Crippen molar-refractivity contribution in [2.24, 2.45) is 0 Å². The van der Waals surface area contributed by atoms with Crippen LogP contribution in [0.15, 0.2) is 18.2 Å². The molecule has 0 heterocycles. The van der Waals surface area contributed by atoms with Crippen LogP contribution in [0.25, 0.3) is 0 Å². The lowest BCUT2D eigenvalue weighted by molar-refractivity contribution is -0.384. The minimum atomic E-state index is -0.729. The van der Waals surface area contributed by atoms with E-state index in [1.165, 1.54) is 12.1 Å². The van der Waals surface area contributed by atoms with E-state index in [1.807, 2.05) is 0 Å². The number of esters is 1. The molecule has 0 saturated heterocycles. The van der Waals surface area contributed by atoms with Crippen LogP contribution in [0.1, 0.15) is 30.1 Å². The molecule has 0 radical (unpaired) electrons. The topological polar surface area (TPSA) is 140 Å². The summed E-state index contributed by atoms with van der Waals surface area (Å²) in [5.41, 5.74) is 3.98. The molecule has 0 aliphatic carbocycles. The molecule has 0 atom stereocenters. The van der Waals surface area contributed by atoms with Crippen LogP contribution in [-0.2, 0) is 14.3 Å². The molecule has 1 rings (SSSR count). The number of amides is 2. The highest BCUT2D eigenvalue weighted by Crippen LogP contribution is 2.24. The van der Waals surface area contributed by atoms with Crippen LogP contribution in [-0.4, -0.2) is 34.4 Å². The third-order valence-electron chi connectivity index (χ3n) is 2.81. The summed E-state index contributed by atoms with van der Waals surface area (Å²) in [5, 5.41) is 12.7. The van der Waals surface area contributed by atoms with E-state index >= 15 is 0 Å². The van der Waals surface area contributed by atoms with E-state index in [4.69, 9.17) is 23.8 Å². The van der Waals surface area contributed by atoms with Gasteiger partial charge in [0, 0.05) is 18.1 Å². The Morgan fingerprint density at radius 1 is 1.27 bits per heavy atom. The first-order valence-electron chi connectivity index (χ1n) is 7.24. The first kappa shape index (κ1) is 21.3. The highest BCUT2D eigenvalue weighted by Gasteiger charge is 2.16. The summed E-state index contributed by atoms with van der Waals surface area (Å²) in [6, 6.07) is 3.50. The highest BCUT2D eigenvalue weighted by molar-refractivity contribution is 7.80. The van der Waals surface area contributed by atoms with E-state index in [2.05, 4.69) is 20.9 Å². The van der Waals surface area contributed by atoms with E-state index < -0.39 is 28.4 Å². The van der Waals surface area contributed by atoms with Gasteiger partial charge in [0.1, 0.15) is 5.02 Å². The number of thiocarbonyl (C=S) groups is 1. The molecule has 0 aliphatic heterocycles. The van der Waals surface area contributed by atoms with Gasteiger partial charge in [0.25, 0.3) is 11.6 Å². The molecule has 10 nitrogen and oxygen atoms in total. The number of ether oxygens (including phenoxy) is 1. The number of carbonyl (C=O) groups excluding carboxylic acids is 3. The van der Waals surface area contributed by atoms with E-state index in [1.54, 1.807) is 6.92 Å². The fraction of sp³-hybridized carbons (Fsp3) is 0.286. The number of nitrogens with one attached hydrogen (secondary N) is 3. The zero-order chi connectivity index (χ0) is 19.7. The largest absolute Gasteiger partial charge is 0.466 e. The van der Waals surface area contributed by atoms with E-state index in [-0.39, 0.29) is 35.1 Å². The second-order valence-electron chi connectivity index (χ2n) is 4.68. The molecule has 0 fully saturated rings. The molecule has 0 aliphatic rings. The number of benzene rings is 1. The monoisotopic (exact) mass is 402 g/mol. The molecule has 12 heteroatoms. The van der Waals surface area contributed by atoms with Crippen LogP contribution in [0.4, 0.5) is 5.69 Å².